The highest BCUT2D eigenvalue weighted by molar-refractivity contribution is 7.98. The van der Waals surface area contributed by atoms with Crippen LogP contribution in [0.4, 0.5) is 0 Å². The molecule has 1 amide bonds. The molecule has 0 aliphatic carbocycles. The lowest BCUT2D eigenvalue weighted by molar-refractivity contribution is 0.0614. The lowest BCUT2D eigenvalue weighted by atomic mass is 9.94. The molecule has 1 aromatic heterocycles. The highest BCUT2D eigenvalue weighted by atomic mass is 32.2. The standard InChI is InChI=1S/C24H23N3O4S/c1-31-13-12-25-15-27(26-11-10-19(28)23(29)22(26)24(25)30)21-17-7-3-2-6-16(17)14-32-20-9-5-4-8-18(20)21/h2-11,21,29H,12-15H2,1H3/t21-/m1/s1. The van der Waals surface area contributed by atoms with Gasteiger partial charge in [-0.05, 0) is 22.8 Å². The van der Waals surface area contributed by atoms with Crippen LogP contribution in [0.5, 0.6) is 5.75 Å². The summed E-state index contributed by atoms with van der Waals surface area (Å²) in [5, 5.41) is 12.6. The van der Waals surface area contributed by atoms with E-state index < -0.39 is 17.1 Å². The summed E-state index contributed by atoms with van der Waals surface area (Å²) in [6.45, 7) is 0.986. The zero-order valence-electron chi connectivity index (χ0n) is 17.6. The Hall–Kier alpha value is -3.23. The van der Waals surface area contributed by atoms with Crippen LogP contribution in [0.15, 0.2) is 70.5 Å². The van der Waals surface area contributed by atoms with E-state index in [2.05, 4.69) is 24.3 Å². The van der Waals surface area contributed by atoms with Gasteiger partial charge in [-0.3, -0.25) is 19.3 Å². The Kier molecular flexibility index (Phi) is 5.40. The van der Waals surface area contributed by atoms with E-state index in [1.807, 2.05) is 29.3 Å². The smallest absolute Gasteiger partial charge is 0.277 e. The first-order chi connectivity index (χ1) is 15.6. The van der Waals surface area contributed by atoms with Crippen molar-refractivity contribution in [3.05, 3.63) is 93.4 Å². The van der Waals surface area contributed by atoms with E-state index in [9.17, 15) is 14.7 Å². The fraction of sp³-hybridized carbons (Fsp3) is 0.250. The van der Waals surface area contributed by atoms with Crippen LogP contribution in [0.3, 0.4) is 0 Å². The number of methoxy groups -OCH3 is 1. The minimum atomic E-state index is -0.574. The number of pyridine rings is 1. The highest BCUT2D eigenvalue weighted by Gasteiger charge is 2.38. The second-order valence-corrected chi connectivity index (χ2v) is 8.81. The Bertz CT molecular complexity index is 1190. The van der Waals surface area contributed by atoms with Crippen LogP contribution in [-0.4, -0.2) is 47.5 Å². The van der Waals surface area contributed by atoms with Crippen LogP contribution in [0.2, 0.25) is 0 Å². The highest BCUT2D eigenvalue weighted by Crippen LogP contribution is 2.42. The van der Waals surface area contributed by atoms with Gasteiger partial charge in [-0.15, -0.1) is 11.8 Å². The third-order valence-electron chi connectivity index (χ3n) is 5.95. The Balaban J connectivity index is 1.74. The van der Waals surface area contributed by atoms with Gasteiger partial charge < -0.3 is 14.7 Å². The Labute approximate surface area is 189 Å². The minimum Gasteiger partial charge on any atom is -0.502 e. The first kappa shape index (κ1) is 20.7. The molecular formula is C24H23N3O4S. The molecule has 2 aromatic carbocycles. The molecule has 1 N–H and O–H groups in total. The van der Waals surface area contributed by atoms with Gasteiger partial charge in [0.15, 0.2) is 11.4 Å². The van der Waals surface area contributed by atoms with Gasteiger partial charge >= 0.3 is 0 Å². The molecule has 0 bridgehead atoms. The molecule has 164 valence electrons. The molecule has 1 atom stereocenters. The summed E-state index contributed by atoms with van der Waals surface area (Å²) in [5.74, 6) is -0.0844. The molecule has 7 nitrogen and oxygen atoms in total. The number of hydrogen-bond acceptors (Lipinski definition) is 6. The van der Waals surface area contributed by atoms with Crippen molar-refractivity contribution in [2.45, 2.75) is 16.7 Å². The molecule has 5 rings (SSSR count). The van der Waals surface area contributed by atoms with Crippen molar-refractivity contribution in [1.82, 2.24) is 9.58 Å². The second-order valence-electron chi connectivity index (χ2n) is 7.79. The molecule has 32 heavy (non-hydrogen) atoms. The van der Waals surface area contributed by atoms with Gasteiger partial charge in [0, 0.05) is 36.6 Å². The average molecular weight is 450 g/mol. The molecule has 0 fully saturated rings. The maximum atomic E-state index is 13.2. The molecule has 3 aromatic rings. The van der Waals surface area contributed by atoms with E-state index in [-0.39, 0.29) is 18.4 Å². The SMILES string of the molecule is COCCN1CN([C@@H]2c3ccccc3CSc3ccccc32)n2ccc(=O)c(O)c2C1=O. The third-order valence-corrected chi connectivity index (χ3v) is 7.08. The quantitative estimate of drug-likeness (QED) is 0.660. The average Bonchev–Trinajstić information content (AvgIpc) is 2.98. The third kappa shape index (κ3) is 3.36. The fourth-order valence-corrected chi connectivity index (χ4v) is 5.48. The largest absolute Gasteiger partial charge is 0.502 e. The molecule has 2 aliphatic rings. The number of fused-ring (bicyclic) bond motifs is 3. The Morgan fingerprint density at radius 2 is 1.81 bits per heavy atom. The van der Waals surface area contributed by atoms with E-state index in [4.69, 9.17) is 4.74 Å². The van der Waals surface area contributed by atoms with Gasteiger partial charge in [-0.2, -0.15) is 0 Å². The van der Waals surface area contributed by atoms with Gasteiger partial charge in [0.25, 0.3) is 5.91 Å². The predicted octanol–water partition coefficient (Wildman–Crippen LogP) is 2.95. The number of thioether (sulfide) groups is 1. The molecule has 0 unspecified atom stereocenters. The topological polar surface area (TPSA) is 75.0 Å². The van der Waals surface area contributed by atoms with Crippen molar-refractivity contribution in [2.24, 2.45) is 0 Å². The summed E-state index contributed by atoms with van der Waals surface area (Å²) in [5.41, 5.74) is 2.87. The molecule has 3 heterocycles. The number of carbonyl (C=O) groups is 1. The summed E-state index contributed by atoms with van der Waals surface area (Å²) in [4.78, 5) is 28.2. The molecule has 0 radical (unpaired) electrons. The van der Waals surface area contributed by atoms with E-state index in [1.165, 1.54) is 16.5 Å². The number of ether oxygens (including phenoxy) is 1. The van der Waals surface area contributed by atoms with Gasteiger partial charge in [0.1, 0.15) is 6.67 Å². The molecular weight excluding hydrogens is 426 g/mol. The minimum absolute atomic E-state index is 0.0216. The molecule has 0 saturated carbocycles. The summed E-state index contributed by atoms with van der Waals surface area (Å²) in [6, 6.07) is 17.6. The summed E-state index contributed by atoms with van der Waals surface area (Å²) in [6.07, 6.45) is 1.58. The van der Waals surface area contributed by atoms with Crippen molar-refractivity contribution < 1.29 is 14.6 Å². The van der Waals surface area contributed by atoms with Crippen LogP contribution in [0.25, 0.3) is 0 Å². The van der Waals surface area contributed by atoms with Crippen LogP contribution in [0.1, 0.15) is 33.2 Å². The monoisotopic (exact) mass is 449 g/mol. The van der Waals surface area contributed by atoms with Crippen LogP contribution < -0.4 is 10.4 Å². The molecule has 8 heteroatoms. The van der Waals surface area contributed by atoms with Gasteiger partial charge in [-0.1, -0.05) is 42.5 Å². The number of benzene rings is 2. The van der Waals surface area contributed by atoms with E-state index in [0.717, 1.165) is 16.9 Å². The van der Waals surface area contributed by atoms with Crippen molar-refractivity contribution in [1.29, 1.82) is 0 Å². The van der Waals surface area contributed by atoms with Crippen molar-refractivity contribution in [2.75, 3.05) is 31.9 Å². The first-order valence-electron chi connectivity index (χ1n) is 10.4. The number of aromatic nitrogens is 1. The zero-order chi connectivity index (χ0) is 22.2. The normalized spacial score (nSPS) is 17.4. The maximum Gasteiger partial charge on any atom is 0.277 e. The van der Waals surface area contributed by atoms with Crippen LogP contribution >= 0.6 is 11.8 Å². The number of nitrogens with zero attached hydrogens (tertiary/aromatic N) is 3. The van der Waals surface area contributed by atoms with Gasteiger partial charge in [0.2, 0.25) is 5.43 Å². The first-order valence-corrected chi connectivity index (χ1v) is 11.4. The van der Waals surface area contributed by atoms with Crippen molar-refractivity contribution >= 4 is 17.7 Å². The number of rotatable bonds is 4. The Morgan fingerprint density at radius 3 is 2.62 bits per heavy atom. The molecule has 0 saturated heterocycles. The molecule has 0 spiro atoms. The molecule has 2 aliphatic heterocycles. The number of amides is 1. The lowest BCUT2D eigenvalue weighted by Crippen LogP contribution is -2.56. The van der Waals surface area contributed by atoms with E-state index in [0.29, 0.717) is 13.2 Å². The van der Waals surface area contributed by atoms with Crippen LogP contribution in [0, 0.1) is 0 Å². The fourth-order valence-electron chi connectivity index (χ4n) is 4.38. The lowest BCUT2D eigenvalue weighted by Gasteiger charge is -2.44. The number of aromatic hydroxyl groups is 1. The summed E-state index contributed by atoms with van der Waals surface area (Å²) >= 11 is 1.79. The van der Waals surface area contributed by atoms with Gasteiger partial charge in [0.05, 0.1) is 12.6 Å². The van der Waals surface area contributed by atoms with Gasteiger partial charge in [-0.25, -0.2) is 0 Å². The van der Waals surface area contributed by atoms with E-state index >= 15 is 0 Å². The van der Waals surface area contributed by atoms with Crippen molar-refractivity contribution in [3.63, 3.8) is 0 Å². The van der Waals surface area contributed by atoms with Crippen LogP contribution in [-0.2, 0) is 10.5 Å². The summed E-state index contributed by atoms with van der Waals surface area (Å²) < 4.78 is 6.84. The zero-order valence-corrected chi connectivity index (χ0v) is 18.4. The van der Waals surface area contributed by atoms with E-state index in [1.54, 1.807) is 34.6 Å². The second kappa shape index (κ2) is 8.37. The predicted molar refractivity (Wildman–Crippen MR) is 123 cm³/mol. The van der Waals surface area contributed by atoms with Crippen molar-refractivity contribution in [3.8, 4) is 5.75 Å². The maximum absolute atomic E-state index is 13.2. The summed E-state index contributed by atoms with van der Waals surface area (Å²) in [7, 11) is 1.58. The number of hydrogen-bond donors (Lipinski definition) is 1. The number of carbonyl (C=O) groups excluding carboxylic acids is 1. The Morgan fingerprint density at radius 1 is 1.06 bits per heavy atom.